The summed E-state index contributed by atoms with van der Waals surface area (Å²) in [6.45, 7) is 0. The van der Waals surface area contributed by atoms with Gasteiger partial charge in [-0.25, -0.2) is 0 Å². The lowest BCUT2D eigenvalue weighted by Gasteiger charge is -2.05. The van der Waals surface area contributed by atoms with Gasteiger partial charge in [0.2, 0.25) is 5.91 Å². The molecule has 0 unspecified atom stereocenters. The van der Waals surface area contributed by atoms with E-state index in [0.717, 1.165) is 16.5 Å². The molecule has 0 atom stereocenters. The Hall–Kier alpha value is -3.45. The average Bonchev–Trinajstić information content (AvgIpc) is 3.00. The zero-order chi connectivity index (χ0) is 18.8. The molecular formula is C20H14N4O2S. The van der Waals surface area contributed by atoms with Crippen LogP contribution in [0.4, 0.5) is 5.69 Å². The fraction of sp³-hybridized carbons (Fsp3) is 0. The van der Waals surface area contributed by atoms with Gasteiger partial charge in [-0.15, -0.1) is 0 Å². The third-order valence-electron chi connectivity index (χ3n) is 3.94. The molecule has 0 radical (unpaired) electrons. The SMILES string of the molecule is NC(=O)c1cccc(NC2=NC(=O)/C(=C\c3ccc4ncccc4c3)S2)c1. The number of hydrogen-bond donors (Lipinski definition) is 2. The molecule has 0 fully saturated rings. The zero-order valence-corrected chi connectivity index (χ0v) is 14.9. The summed E-state index contributed by atoms with van der Waals surface area (Å²) in [4.78, 5) is 32.3. The van der Waals surface area contributed by atoms with Crippen LogP contribution in [0, 0.1) is 0 Å². The van der Waals surface area contributed by atoms with E-state index in [4.69, 9.17) is 5.73 Å². The summed E-state index contributed by atoms with van der Waals surface area (Å²) in [6, 6.07) is 16.4. The predicted molar refractivity (Wildman–Crippen MR) is 108 cm³/mol. The summed E-state index contributed by atoms with van der Waals surface area (Å²) in [5.74, 6) is -0.818. The summed E-state index contributed by atoms with van der Waals surface area (Å²) < 4.78 is 0. The van der Waals surface area contributed by atoms with E-state index in [1.807, 2.05) is 30.3 Å². The van der Waals surface area contributed by atoms with Crippen molar-refractivity contribution in [2.24, 2.45) is 10.7 Å². The topological polar surface area (TPSA) is 97.4 Å². The third-order valence-corrected chi connectivity index (χ3v) is 4.84. The van der Waals surface area contributed by atoms with Gasteiger partial charge in [0, 0.05) is 22.8 Å². The Kier molecular flexibility index (Phi) is 4.43. The van der Waals surface area contributed by atoms with Crippen molar-refractivity contribution in [2.45, 2.75) is 0 Å². The lowest BCUT2D eigenvalue weighted by Crippen LogP contribution is -2.12. The molecule has 132 valence electrons. The Balaban J connectivity index is 1.53. The highest BCUT2D eigenvalue weighted by Crippen LogP contribution is 2.30. The van der Waals surface area contributed by atoms with Crippen LogP contribution in [0.3, 0.4) is 0 Å². The summed E-state index contributed by atoms with van der Waals surface area (Å²) in [5, 5.41) is 4.50. The number of primary amides is 1. The summed E-state index contributed by atoms with van der Waals surface area (Å²) >= 11 is 1.25. The van der Waals surface area contributed by atoms with Crippen LogP contribution in [0.1, 0.15) is 15.9 Å². The minimum absolute atomic E-state index is 0.306. The molecule has 1 aromatic heterocycles. The van der Waals surface area contributed by atoms with Gasteiger partial charge in [-0.2, -0.15) is 4.99 Å². The van der Waals surface area contributed by atoms with Gasteiger partial charge in [0.05, 0.1) is 10.4 Å². The lowest BCUT2D eigenvalue weighted by atomic mass is 10.1. The largest absolute Gasteiger partial charge is 0.366 e. The van der Waals surface area contributed by atoms with Crippen molar-refractivity contribution in [1.29, 1.82) is 0 Å². The molecule has 1 aliphatic rings. The first-order valence-corrected chi connectivity index (χ1v) is 8.94. The number of anilines is 1. The number of carbonyl (C=O) groups is 2. The van der Waals surface area contributed by atoms with Crippen molar-refractivity contribution < 1.29 is 9.59 Å². The highest BCUT2D eigenvalue weighted by molar-refractivity contribution is 8.18. The third kappa shape index (κ3) is 3.73. The molecule has 4 rings (SSSR count). The molecule has 2 amide bonds. The maximum Gasteiger partial charge on any atom is 0.286 e. The van der Waals surface area contributed by atoms with Crippen LogP contribution in [0.2, 0.25) is 0 Å². The molecule has 1 aliphatic heterocycles. The zero-order valence-electron chi connectivity index (χ0n) is 14.0. The fourth-order valence-corrected chi connectivity index (χ4v) is 3.51. The van der Waals surface area contributed by atoms with E-state index in [2.05, 4.69) is 15.3 Å². The molecule has 27 heavy (non-hydrogen) atoms. The Morgan fingerprint density at radius 2 is 2.00 bits per heavy atom. The van der Waals surface area contributed by atoms with E-state index in [1.165, 1.54) is 11.8 Å². The van der Waals surface area contributed by atoms with Crippen molar-refractivity contribution in [3.05, 3.63) is 76.8 Å². The van der Waals surface area contributed by atoms with Gasteiger partial charge in [0.1, 0.15) is 0 Å². The smallest absolute Gasteiger partial charge is 0.286 e. The van der Waals surface area contributed by atoms with E-state index in [9.17, 15) is 9.59 Å². The normalized spacial score (nSPS) is 15.2. The Labute approximate surface area is 159 Å². The highest BCUT2D eigenvalue weighted by Gasteiger charge is 2.22. The first-order chi connectivity index (χ1) is 13.1. The minimum Gasteiger partial charge on any atom is -0.366 e. The average molecular weight is 374 g/mol. The van der Waals surface area contributed by atoms with Crippen molar-refractivity contribution in [3.63, 3.8) is 0 Å². The number of carbonyl (C=O) groups excluding carboxylic acids is 2. The van der Waals surface area contributed by atoms with Crippen molar-refractivity contribution in [3.8, 4) is 0 Å². The van der Waals surface area contributed by atoms with Crippen LogP contribution < -0.4 is 11.1 Å². The van der Waals surface area contributed by atoms with Crippen molar-refractivity contribution >= 4 is 51.4 Å². The lowest BCUT2D eigenvalue weighted by molar-refractivity contribution is -0.113. The van der Waals surface area contributed by atoms with Crippen molar-refractivity contribution in [2.75, 3.05) is 5.32 Å². The van der Waals surface area contributed by atoms with Crippen molar-refractivity contribution in [1.82, 2.24) is 4.98 Å². The molecule has 2 heterocycles. The number of amidine groups is 1. The van der Waals surface area contributed by atoms with Gasteiger partial charge in [-0.1, -0.05) is 18.2 Å². The van der Waals surface area contributed by atoms with Gasteiger partial charge < -0.3 is 11.1 Å². The van der Waals surface area contributed by atoms with Crippen LogP contribution in [-0.4, -0.2) is 22.0 Å². The summed E-state index contributed by atoms with van der Waals surface area (Å²) in [6.07, 6.45) is 3.55. The van der Waals surface area contributed by atoms with E-state index in [1.54, 1.807) is 36.5 Å². The highest BCUT2D eigenvalue weighted by atomic mass is 32.2. The van der Waals surface area contributed by atoms with Gasteiger partial charge >= 0.3 is 0 Å². The number of benzene rings is 2. The molecule has 0 aliphatic carbocycles. The van der Waals surface area contributed by atoms with Crippen LogP contribution in [0.5, 0.6) is 0 Å². The van der Waals surface area contributed by atoms with Gasteiger partial charge in [0.15, 0.2) is 5.17 Å². The standard InChI is InChI=1S/C20H14N4O2S/c21-18(25)14-3-1-5-15(11-14)23-20-24-19(26)17(27-20)10-12-6-7-16-13(9-12)4-2-8-22-16/h1-11H,(H2,21,25)(H,23,24,26)/b17-10+. The molecule has 0 saturated carbocycles. The Morgan fingerprint density at radius 1 is 1.11 bits per heavy atom. The summed E-state index contributed by atoms with van der Waals surface area (Å²) in [7, 11) is 0. The molecule has 7 heteroatoms. The Morgan fingerprint density at radius 3 is 2.85 bits per heavy atom. The number of thioether (sulfide) groups is 1. The van der Waals surface area contributed by atoms with E-state index >= 15 is 0 Å². The number of hydrogen-bond acceptors (Lipinski definition) is 5. The molecular weight excluding hydrogens is 360 g/mol. The number of nitrogens with zero attached hydrogens (tertiary/aromatic N) is 2. The maximum atomic E-state index is 12.2. The molecule has 6 nitrogen and oxygen atoms in total. The number of aromatic nitrogens is 1. The number of nitrogens with one attached hydrogen (secondary N) is 1. The Bertz CT molecular complexity index is 1140. The number of nitrogens with two attached hydrogens (primary N) is 1. The summed E-state index contributed by atoms with van der Waals surface area (Å²) in [5.41, 5.74) is 8.12. The number of amides is 2. The van der Waals surface area contributed by atoms with Crippen LogP contribution >= 0.6 is 11.8 Å². The number of aliphatic imine (C=N–C) groups is 1. The van der Waals surface area contributed by atoms with Crippen LogP contribution in [0.15, 0.2) is 70.7 Å². The second-order valence-corrected chi connectivity index (χ2v) is 6.89. The van der Waals surface area contributed by atoms with E-state index < -0.39 is 5.91 Å². The predicted octanol–water partition coefficient (Wildman–Crippen LogP) is 3.42. The van der Waals surface area contributed by atoms with Crippen LogP contribution in [0.25, 0.3) is 17.0 Å². The monoisotopic (exact) mass is 374 g/mol. The first-order valence-electron chi connectivity index (χ1n) is 8.13. The second-order valence-electron chi connectivity index (χ2n) is 5.86. The second kappa shape index (κ2) is 7.05. The van der Waals surface area contributed by atoms with E-state index in [-0.39, 0.29) is 5.91 Å². The van der Waals surface area contributed by atoms with Crippen LogP contribution in [-0.2, 0) is 4.79 Å². The van der Waals surface area contributed by atoms with E-state index in [0.29, 0.717) is 21.3 Å². The molecule has 0 spiro atoms. The van der Waals surface area contributed by atoms with Gasteiger partial charge in [-0.05, 0) is 59.8 Å². The minimum atomic E-state index is -0.512. The quantitative estimate of drug-likeness (QED) is 0.685. The molecule has 2 aromatic carbocycles. The molecule has 3 aromatic rings. The first kappa shape index (κ1) is 17.0. The van der Waals surface area contributed by atoms with Gasteiger partial charge in [-0.3, -0.25) is 14.6 Å². The molecule has 0 bridgehead atoms. The fourth-order valence-electron chi connectivity index (χ4n) is 2.67. The number of pyridine rings is 1. The molecule has 0 saturated heterocycles. The van der Waals surface area contributed by atoms with Gasteiger partial charge in [0.25, 0.3) is 5.91 Å². The number of rotatable bonds is 3. The maximum absolute atomic E-state index is 12.2. The molecule has 3 N–H and O–H groups in total. The number of fused-ring (bicyclic) bond motifs is 1.